The van der Waals surface area contributed by atoms with E-state index in [4.69, 9.17) is 13.9 Å². The zero-order valence-electron chi connectivity index (χ0n) is 24.7. The number of nitrogens with zero attached hydrogens (tertiary/aromatic N) is 2. The number of carbonyl (C=O) groups is 2. The Kier molecular flexibility index (Phi) is 10.5. The Labute approximate surface area is 242 Å². The van der Waals surface area contributed by atoms with Crippen LogP contribution in [0.5, 0.6) is 11.5 Å². The molecule has 0 fully saturated rings. The number of benzene rings is 2. The Morgan fingerprint density at radius 2 is 1.78 bits per heavy atom. The number of amides is 1. The lowest BCUT2D eigenvalue weighted by Crippen LogP contribution is -2.34. The fourth-order valence-corrected chi connectivity index (χ4v) is 5.37. The van der Waals surface area contributed by atoms with Crippen LogP contribution < -0.4 is 9.47 Å². The molecule has 8 heteroatoms. The molecule has 0 aliphatic carbocycles. The molecule has 0 saturated carbocycles. The molecular formula is C33H42N2O6. The van der Waals surface area contributed by atoms with Crippen molar-refractivity contribution in [3.05, 3.63) is 71.2 Å². The summed E-state index contributed by atoms with van der Waals surface area (Å²) in [5, 5.41) is 11.8. The molecule has 1 N–H and O–H groups in total. The first kappa shape index (κ1) is 30.2. The third-order valence-corrected chi connectivity index (χ3v) is 7.73. The average Bonchev–Trinajstić information content (AvgIpc) is 3.54. The van der Waals surface area contributed by atoms with E-state index in [-0.39, 0.29) is 11.3 Å². The second-order valence-electron chi connectivity index (χ2n) is 10.3. The van der Waals surface area contributed by atoms with E-state index < -0.39 is 23.5 Å². The summed E-state index contributed by atoms with van der Waals surface area (Å²) in [6, 6.07) is 13.7. The van der Waals surface area contributed by atoms with Crippen LogP contribution >= 0.6 is 0 Å². The molecule has 41 heavy (non-hydrogen) atoms. The van der Waals surface area contributed by atoms with Crippen molar-refractivity contribution in [2.75, 3.05) is 39.9 Å². The van der Waals surface area contributed by atoms with Gasteiger partial charge in [-0.25, -0.2) is 0 Å². The van der Waals surface area contributed by atoms with E-state index in [0.29, 0.717) is 36.3 Å². The van der Waals surface area contributed by atoms with Gasteiger partial charge in [0.2, 0.25) is 5.78 Å². The van der Waals surface area contributed by atoms with Gasteiger partial charge in [-0.2, -0.15) is 0 Å². The molecular weight excluding hydrogens is 520 g/mol. The van der Waals surface area contributed by atoms with Gasteiger partial charge in [0.1, 0.15) is 5.75 Å². The van der Waals surface area contributed by atoms with Crippen molar-refractivity contribution < 1.29 is 28.6 Å². The van der Waals surface area contributed by atoms with Crippen molar-refractivity contribution in [1.29, 1.82) is 0 Å². The van der Waals surface area contributed by atoms with Gasteiger partial charge in [-0.3, -0.25) is 9.59 Å². The summed E-state index contributed by atoms with van der Waals surface area (Å²) in [6.45, 7) is 10.1. The predicted molar refractivity (Wildman–Crippen MR) is 160 cm³/mol. The summed E-state index contributed by atoms with van der Waals surface area (Å²) in [5.41, 5.74) is 1.18. The van der Waals surface area contributed by atoms with Crippen LogP contribution in [0.25, 0.3) is 11.0 Å². The number of hydrogen-bond acceptors (Lipinski definition) is 7. The fraction of sp³-hybridized carbons (Fsp3) is 0.455. The van der Waals surface area contributed by atoms with Crippen LogP contribution in [-0.2, 0) is 4.79 Å². The number of ether oxygens (including phenoxy) is 2. The average molecular weight is 563 g/mol. The van der Waals surface area contributed by atoms with Crippen LogP contribution in [0.3, 0.4) is 0 Å². The largest absolute Gasteiger partial charge is 0.503 e. The molecule has 1 aliphatic heterocycles. The summed E-state index contributed by atoms with van der Waals surface area (Å²) in [7, 11) is 1.54. The zero-order chi connectivity index (χ0) is 29.4. The van der Waals surface area contributed by atoms with Crippen LogP contribution in [-0.4, -0.2) is 66.5 Å². The number of aliphatic hydroxyl groups excluding tert-OH is 1. The van der Waals surface area contributed by atoms with Gasteiger partial charge >= 0.3 is 0 Å². The molecule has 3 aromatic rings. The van der Waals surface area contributed by atoms with Crippen molar-refractivity contribution in [3.8, 4) is 11.5 Å². The van der Waals surface area contributed by atoms with Crippen molar-refractivity contribution in [1.82, 2.24) is 9.80 Å². The van der Waals surface area contributed by atoms with Crippen molar-refractivity contribution in [3.63, 3.8) is 0 Å². The molecule has 2 heterocycles. The molecule has 1 unspecified atom stereocenters. The van der Waals surface area contributed by atoms with Crippen LogP contribution in [0.1, 0.15) is 75.0 Å². The minimum atomic E-state index is -0.750. The first-order chi connectivity index (χ1) is 19.9. The monoisotopic (exact) mass is 562 g/mol. The van der Waals surface area contributed by atoms with Gasteiger partial charge in [-0.15, -0.1) is 0 Å². The number of Topliss-reactive ketones (excluding diaryl/α,β-unsaturated/α-hetero) is 1. The lowest BCUT2D eigenvalue weighted by Gasteiger charge is -2.28. The van der Waals surface area contributed by atoms with Gasteiger partial charge in [-0.05, 0) is 62.3 Å². The molecule has 0 bridgehead atoms. The van der Waals surface area contributed by atoms with Crippen LogP contribution in [0, 0.1) is 0 Å². The van der Waals surface area contributed by atoms with Crippen LogP contribution in [0.2, 0.25) is 0 Å². The van der Waals surface area contributed by atoms with Gasteiger partial charge in [0.05, 0.1) is 25.3 Å². The number of para-hydroxylation sites is 1. The highest BCUT2D eigenvalue weighted by atomic mass is 16.5. The van der Waals surface area contributed by atoms with Crippen molar-refractivity contribution >= 4 is 22.7 Å². The lowest BCUT2D eigenvalue weighted by atomic mass is 9.95. The molecule has 0 saturated heterocycles. The molecule has 220 valence electrons. The summed E-state index contributed by atoms with van der Waals surface area (Å²) in [5.74, 6) is -0.341. The molecule has 2 aromatic carbocycles. The first-order valence-corrected chi connectivity index (χ1v) is 14.7. The Hall–Kier alpha value is -3.78. The van der Waals surface area contributed by atoms with E-state index in [1.54, 1.807) is 17.0 Å². The molecule has 4 rings (SSSR count). The Bertz CT molecular complexity index is 1360. The Morgan fingerprint density at radius 3 is 2.46 bits per heavy atom. The third-order valence-electron chi connectivity index (χ3n) is 7.73. The van der Waals surface area contributed by atoms with Crippen LogP contribution in [0.15, 0.2) is 64.3 Å². The Morgan fingerprint density at radius 1 is 1.02 bits per heavy atom. The normalized spacial score (nSPS) is 15.4. The lowest BCUT2D eigenvalue weighted by molar-refractivity contribution is -0.129. The number of aliphatic hydroxyl groups is 1. The number of furan rings is 1. The number of ketones is 1. The van der Waals surface area contributed by atoms with Gasteiger partial charge in [0.25, 0.3) is 5.91 Å². The summed E-state index contributed by atoms with van der Waals surface area (Å²) < 4.78 is 17.2. The topological polar surface area (TPSA) is 92.4 Å². The summed E-state index contributed by atoms with van der Waals surface area (Å²) in [6.07, 6.45) is 5.18. The molecule has 1 amide bonds. The minimum Gasteiger partial charge on any atom is -0.503 e. The highest BCUT2D eigenvalue weighted by Crippen LogP contribution is 2.40. The van der Waals surface area contributed by atoms with E-state index in [1.807, 2.05) is 36.4 Å². The van der Waals surface area contributed by atoms with Gasteiger partial charge in [0.15, 0.2) is 22.9 Å². The van der Waals surface area contributed by atoms with E-state index >= 15 is 0 Å². The van der Waals surface area contributed by atoms with E-state index in [2.05, 4.69) is 25.7 Å². The quantitative estimate of drug-likeness (QED) is 0.153. The number of rotatable bonds is 16. The van der Waals surface area contributed by atoms with E-state index in [0.717, 1.165) is 43.8 Å². The highest BCUT2D eigenvalue weighted by Gasteiger charge is 2.44. The smallest absolute Gasteiger partial charge is 0.290 e. The highest BCUT2D eigenvalue weighted by molar-refractivity contribution is 6.16. The second-order valence-corrected chi connectivity index (χ2v) is 10.3. The molecule has 0 spiro atoms. The molecule has 1 aromatic heterocycles. The van der Waals surface area contributed by atoms with Crippen molar-refractivity contribution in [2.45, 2.75) is 58.9 Å². The number of carbonyl (C=O) groups excluding carboxylic acids is 2. The summed E-state index contributed by atoms with van der Waals surface area (Å²) in [4.78, 5) is 31.2. The van der Waals surface area contributed by atoms with Crippen molar-refractivity contribution in [2.24, 2.45) is 0 Å². The van der Waals surface area contributed by atoms with Gasteiger partial charge in [0, 0.05) is 11.9 Å². The maximum Gasteiger partial charge on any atom is 0.290 e. The van der Waals surface area contributed by atoms with Gasteiger partial charge in [-0.1, -0.05) is 64.3 Å². The van der Waals surface area contributed by atoms with E-state index in [9.17, 15) is 14.7 Å². The fourth-order valence-electron chi connectivity index (χ4n) is 5.37. The number of hydrogen-bond donors (Lipinski definition) is 1. The van der Waals surface area contributed by atoms with Gasteiger partial charge < -0.3 is 28.8 Å². The maximum absolute atomic E-state index is 13.9. The standard InChI is InChI=1S/C33H42N2O6/c1-5-8-9-10-21-40-25-17-15-23(16-18-25)29-28(31(37)33(38)35(29)20-12-19-34(6-2)7-3)30(36)27-22-24-13-11-14-26(39-4)32(24)41-27/h11,13-18,22,29,37H,5-10,12,19-21H2,1-4H3. The van der Waals surface area contributed by atoms with Crippen LogP contribution in [0.4, 0.5) is 0 Å². The first-order valence-electron chi connectivity index (χ1n) is 14.7. The minimum absolute atomic E-state index is 0.0177. The SMILES string of the molecule is CCCCCCOc1ccc(C2C(C(=O)c3cc4cccc(OC)c4o3)=C(O)C(=O)N2CCCN(CC)CC)cc1. The molecule has 8 nitrogen and oxygen atoms in total. The predicted octanol–water partition coefficient (Wildman–Crippen LogP) is 6.71. The molecule has 0 radical (unpaired) electrons. The number of fused-ring (bicyclic) bond motifs is 1. The molecule has 1 aliphatic rings. The Balaban J connectivity index is 1.63. The number of unbranched alkanes of at least 4 members (excludes halogenated alkanes) is 3. The second kappa shape index (κ2) is 14.2. The number of methoxy groups -OCH3 is 1. The third kappa shape index (κ3) is 6.76. The molecule has 1 atom stereocenters. The zero-order valence-corrected chi connectivity index (χ0v) is 24.7. The summed E-state index contributed by atoms with van der Waals surface area (Å²) >= 11 is 0. The van der Waals surface area contributed by atoms with E-state index in [1.165, 1.54) is 20.0 Å². The maximum atomic E-state index is 13.9.